The van der Waals surface area contributed by atoms with Crippen molar-refractivity contribution in [2.45, 2.75) is 0 Å². The Balaban J connectivity index is 2.54. The van der Waals surface area contributed by atoms with Gasteiger partial charge in [-0.25, -0.2) is 0 Å². The molecule has 4 aromatic rings. The van der Waals surface area contributed by atoms with Crippen LogP contribution in [0.5, 0.6) is 0 Å². The van der Waals surface area contributed by atoms with Crippen LogP contribution in [-0.2, 0) is 0 Å². The normalized spacial score (nSPS) is 12.0. The van der Waals surface area contributed by atoms with Crippen LogP contribution in [0.4, 0.5) is 0 Å². The van der Waals surface area contributed by atoms with Crippen molar-refractivity contribution < 1.29 is 0 Å². The lowest BCUT2D eigenvalue weighted by atomic mass is 10.1. The molecule has 4 rings (SSSR count). The van der Waals surface area contributed by atoms with Gasteiger partial charge in [0.1, 0.15) is 0 Å². The van der Waals surface area contributed by atoms with Gasteiger partial charge in [-0.05, 0) is 24.3 Å². The second-order valence-electron chi connectivity index (χ2n) is 3.53. The van der Waals surface area contributed by atoms with Crippen molar-refractivity contribution in [3.63, 3.8) is 0 Å². The average molecular weight is 246 g/mol. The van der Waals surface area contributed by atoms with Gasteiger partial charge in [0.05, 0.1) is 0 Å². The Morgan fingerprint density at radius 2 is 1.07 bits per heavy atom. The zero-order chi connectivity index (χ0) is 9.83. The molecule has 0 amide bonds. The highest BCUT2D eigenvalue weighted by Gasteiger charge is 2.10. The maximum Gasteiger partial charge on any atom is 0.0470 e. The van der Waals surface area contributed by atoms with Gasteiger partial charge in [-0.15, -0.1) is 11.3 Å². The van der Waals surface area contributed by atoms with E-state index in [1.165, 1.54) is 29.6 Å². The minimum Gasteiger partial charge on any atom is -0.135 e. The zero-order valence-electron chi connectivity index (χ0n) is 7.69. The van der Waals surface area contributed by atoms with Crippen molar-refractivity contribution in [1.82, 2.24) is 0 Å². The van der Waals surface area contributed by atoms with Crippen molar-refractivity contribution in [3.8, 4) is 0 Å². The molecule has 72 valence electrons. The fourth-order valence-corrected chi connectivity index (χ4v) is 5.73. The van der Waals surface area contributed by atoms with Gasteiger partial charge in [-0.3, -0.25) is 0 Å². The highest BCUT2D eigenvalue weighted by atomic mass is 32.9. The van der Waals surface area contributed by atoms with Crippen LogP contribution in [0.2, 0.25) is 0 Å². The average Bonchev–Trinajstić information content (AvgIpc) is 2.66. The number of rotatable bonds is 0. The smallest absolute Gasteiger partial charge is 0.0470 e. The maximum atomic E-state index is 2.23. The second kappa shape index (κ2) is 2.82. The standard InChI is InChI=1S/C12H6S3/c1-3-7-11-9(5-1)14-15-10-6-2-4-8(13-7)12(10)11/h1-6H. The number of thiophene rings is 1. The highest BCUT2D eigenvalue weighted by Crippen LogP contribution is 2.43. The molecule has 0 radical (unpaired) electrons. The predicted molar refractivity (Wildman–Crippen MR) is 72.6 cm³/mol. The maximum absolute atomic E-state index is 2.23. The monoisotopic (exact) mass is 246 g/mol. The van der Waals surface area contributed by atoms with Crippen molar-refractivity contribution in [2.75, 3.05) is 0 Å². The molecule has 0 unspecified atom stereocenters. The van der Waals surface area contributed by atoms with E-state index in [0.717, 1.165) is 0 Å². The van der Waals surface area contributed by atoms with E-state index in [-0.39, 0.29) is 0 Å². The third-order valence-corrected chi connectivity index (χ3v) is 6.24. The lowest BCUT2D eigenvalue weighted by Gasteiger charge is -1.98. The molecule has 0 saturated carbocycles. The lowest BCUT2D eigenvalue weighted by Crippen LogP contribution is -1.69. The van der Waals surface area contributed by atoms with E-state index < -0.39 is 0 Å². The topological polar surface area (TPSA) is 0 Å². The molecule has 15 heavy (non-hydrogen) atoms. The third-order valence-electron chi connectivity index (χ3n) is 2.67. The molecule has 2 aromatic heterocycles. The van der Waals surface area contributed by atoms with Crippen LogP contribution in [-0.4, -0.2) is 0 Å². The molecule has 0 saturated heterocycles. The van der Waals surface area contributed by atoms with Gasteiger partial charge < -0.3 is 0 Å². The molecule has 0 aliphatic rings. The Bertz CT molecular complexity index is 705. The van der Waals surface area contributed by atoms with Crippen molar-refractivity contribution in [3.05, 3.63) is 36.4 Å². The van der Waals surface area contributed by atoms with E-state index >= 15 is 0 Å². The summed E-state index contributed by atoms with van der Waals surface area (Å²) in [6.45, 7) is 0. The molecule has 0 N–H and O–H groups in total. The summed E-state index contributed by atoms with van der Waals surface area (Å²) < 4.78 is 5.68. The largest absolute Gasteiger partial charge is 0.135 e. The van der Waals surface area contributed by atoms with Crippen LogP contribution in [0, 0.1) is 0 Å². The molecule has 0 aliphatic carbocycles. The van der Waals surface area contributed by atoms with Crippen LogP contribution < -0.4 is 0 Å². The van der Waals surface area contributed by atoms with Gasteiger partial charge in [-0.1, -0.05) is 32.8 Å². The van der Waals surface area contributed by atoms with Gasteiger partial charge in [0, 0.05) is 29.6 Å². The first-order chi connectivity index (χ1) is 7.43. The Kier molecular flexibility index (Phi) is 1.55. The summed E-state index contributed by atoms with van der Waals surface area (Å²) in [5.41, 5.74) is 0. The van der Waals surface area contributed by atoms with E-state index in [9.17, 15) is 0 Å². The van der Waals surface area contributed by atoms with E-state index in [2.05, 4.69) is 36.4 Å². The molecular weight excluding hydrogens is 240 g/mol. The van der Waals surface area contributed by atoms with Crippen LogP contribution >= 0.6 is 32.0 Å². The summed E-state index contributed by atoms with van der Waals surface area (Å²) >= 11 is 1.90. The fourth-order valence-electron chi connectivity index (χ4n) is 2.03. The van der Waals surface area contributed by atoms with E-state index in [4.69, 9.17) is 0 Å². The first-order valence-electron chi connectivity index (χ1n) is 4.72. The van der Waals surface area contributed by atoms with Crippen LogP contribution in [0.3, 0.4) is 0 Å². The second-order valence-corrected chi connectivity index (χ2v) is 6.82. The van der Waals surface area contributed by atoms with Gasteiger partial charge in [0.2, 0.25) is 0 Å². The quantitative estimate of drug-likeness (QED) is 0.290. The highest BCUT2D eigenvalue weighted by molar-refractivity contribution is 7.74. The first-order valence-corrected chi connectivity index (χ1v) is 7.69. The van der Waals surface area contributed by atoms with Crippen LogP contribution in [0.15, 0.2) is 36.4 Å². The molecule has 0 spiro atoms. The summed E-state index contributed by atoms with van der Waals surface area (Å²) in [5.74, 6) is 0. The molecule has 3 heteroatoms. The van der Waals surface area contributed by atoms with Gasteiger partial charge in [0.25, 0.3) is 0 Å². The minimum absolute atomic E-state index is 1.42. The minimum atomic E-state index is 1.42. The van der Waals surface area contributed by atoms with Crippen LogP contribution in [0.25, 0.3) is 29.6 Å². The SMILES string of the molecule is c1cc2ssc3cccc4sc(c1)c2c34. The molecule has 2 aromatic carbocycles. The molecular formula is C12H6S3. The van der Waals surface area contributed by atoms with E-state index in [0.29, 0.717) is 0 Å². The van der Waals surface area contributed by atoms with Gasteiger partial charge in [-0.2, -0.15) is 0 Å². The molecule has 0 aliphatic heterocycles. The lowest BCUT2D eigenvalue weighted by molar-refractivity contribution is 1.95. The number of benzene rings is 2. The molecule has 2 heterocycles. The Hall–Kier alpha value is -0.900. The zero-order valence-corrected chi connectivity index (χ0v) is 10.1. The molecule has 0 atom stereocenters. The van der Waals surface area contributed by atoms with Crippen molar-refractivity contribution in [1.29, 1.82) is 0 Å². The van der Waals surface area contributed by atoms with E-state index in [1.54, 1.807) is 0 Å². The summed E-state index contributed by atoms with van der Waals surface area (Å²) in [4.78, 5) is 0. The first kappa shape index (κ1) is 8.28. The summed E-state index contributed by atoms with van der Waals surface area (Å²) in [7, 11) is 3.76. The fraction of sp³-hybridized carbons (Fsp3) is 0. The van der Waals surface area contributed by atoms with Gasteiger partial charge in [0.15, 0.2) is 0 Å². The predicted octanol–water partition coefficient (Wildman–Crippen LogP) is 5.33. The van der Waals surface area contributed by atoms with Crippen molar-refractivity contribution >= 4 is 61.6 Å². The summed E-state index contributed by atoms with van der Waals surface area (Å²) in [6.07, 6.45) is 0. The Morgan fingerprint density at radius 3 is 1.60 bits per heavy atom. The van der Waals surface area contributed by atoms with Crippen molar-refractivity contribution in [2.24, 2.45) is 0 Å². The van der Waals surface area contributed by atoms with Crippen LogP contribution in [0.1, 0.15) is 0 Å². The Labute approximate surface area is 97.8 Å². The molecule has 0 bridgehead atoms. The Morgan fingerprint density at radius 1 is 0.600 bits per heavy atom. The molecule has 0 nitrogen and oxygen atoms in total. The summed E-state index contributed by atoms with van der Waals surface area (Å²) in [6, 6.07) is 13.2. The summed E-state index contributed by atoms with van der Waals surface area (Å²) in [5, 5.41) is 2.94. The number of hydrogen-bond donors (Lipinski definition) is 0. The number of hydrogen-bond acceptors (Lipinski definition) is 3. The molecule has 0 fully saturated rings. The van der Waals surface area contributed by atoms with E-state index in [1.807, 2.05) is 32.0 Å². The van der Waals surface area contributed by atoms with Gasteiger partial charge >= 0.3 is 0 Å². The third kappa shape index (κ3) is 1.00.